The molecule has 0 radical (unpaired) electrons. The van der Waals surface area contributed by atoms with Gasteiger partial charge < -0.3 is 15.4 Å². The van der Waals surface area contributed by atoms with Gasteiger partial charge >= 0.3 is 0 Å². The summed E-state index contributed by atoms with van der Waals surface area (Å²) in [6.07, 6.45) is 0. The number of non-ortho nitro benzene ring substituents is 1. The van der Waals surface area contributed by atoms with Crippen molar-refractivity contribution < 1.29 is 14.8 Å². The van der Waals surface area contributed by atoms with E-state index in [0.717, 1.165) is 17.8 Å². The number of nitro benzene ring substituents is 1. The Morgan fingerprint density at radius 2 is 2.08 bits per heavy atom. The third kappa shape index (κ3) is 3.81. The second-order valence-corrected chi connectivity index (χ2v) is 6.15. The predicted octanol–water partition coefficient (Wildman–Crippen LogP) is 2.27. The molecule has 0 saturated carbocycles. The van der Waals surface area contributed by atoms with Crippen LogP contribution in [0, 0.1) is 10.1 Å². The van der Waals surface area contributed by atoms with Gasteiger partial charge in [-0.25, -0.2) is 4.98 Å². The maximum absolute atomic E-state index is 12.0. The number of carbonyl (C=O) groups is 1. The Morgan fingerprint density at radius 3 is 2.81 bits per heavy atom. The number of hydrogen-bond donors (Lipinski definition) is 3. The minimum absolute atomic E-state index is 0.0566. The normalized spacial score (nSPS) is 10.6. The molecule has 3 rings (SSSR count). The van der Waals surface area contributed by atoms with Crippen LogP contribution in [0.4, 0.5) is 11.4 Å². The van der Waals surface area contributed by atoms with Gasteiger partial charge in [0.2, 0.25) is 5.91 Å². The fourth-order valence-corrected chi connectivity index (χ4v) is 2.86. The molecule has 0 unspecified atom stereocenters. The first-order valence-corrected chi connectivity index (χ1v) is 8.32. The molecule has 0 aliphatic rings. The van der Waals surface area contributed by atoms with E-state index in [0.29, 0.717) is 10.9 Å². The Bertz CT molecular complexity index is 1070. The van der Waals surface area contributed by atoms with Crippen LogP contribution in [-0.2, 0) is 4.79 Å². The maximum Gasteiger partial charge on any atom is 0.273 e. The molecular weight excluding hydrogens is 360 g/mol. The molecule has 0 bridgehead atoms. The third-order valence-corrected chi connectivity index (χ3v) is 4.27. The van der Waals surface area contributed by atoms with Crippen LogP contribution < -0.4 is 10.9 Å². The number of rotatable bonds is 5. The van der Waals surface area contributed by atoms with Crippen molar-refractivity contribution in [2.24, 2.45) is 0 Å². The molecule has 0 atom stereocenters. The number of amides is 1. The van der Waals surface area contributed by atoms with Crippen molar-refractivity contribution in [3.05, 3.63) is 62.9 Å². The number of benzene rings is 2. The zero-order valence-electron chi connectivity index (χ0n) is 13.1. The largest absolute Gasteiger partial charge is 0.506 e. The zero-order valence-corrected chi connectivity index (χ0v) is 13.9. The molecule has 0 saturated heterocycles. The first-order valence-electron chi connectivity index (χ1n) is 7.33. The molecule has 132 valence electrons. The van der Waals surface area contributed by atoms with E-state index in [-0.39, 0.29) is 27.8 Å². The quantitative estimate of drug-likeness (QED) is 0.205. The number of aromatic hydroxyl groups is 1. The summed E-state index contributed by atoms with van der Waals surface area (Å²) in [6.45, 7) is 0. The summed E-state index contributed by atoms with van der Waals surface area (Å²) in [7, 11) is 0. The van der Waals surface area contributed by atoms with Gasteiger partial charge in [0.1, 0.15) is 5.75 Å². The lowest BCUT2D eigenvalue weighted by Gasteiger charge is -2.07. The standard InChI is InChI=1S/C16H12N4O5S/c21-13-7-9(20(24)25)5-6-12(13)17-14(22)8-26-16-18-11-4-2-1-3-10(11)15(23)19-16/h1-7,21H,8H2,(H,17,22)(H,18,19,23). The second-order valence-electron chi connectivity index (χ2n) is 5.18. The number of phenolic OH excluding ortho intramolecular Hbond substituents is 1. The minimum atomic E-state index is -0.650. The molecule has 9 nitrogen and oxygen atoms in total. The van der Waals surface area contributed by atoms with Crippen LogP contribution in [0.25, 0.3) is 10.9 Å². The summed E-state index contributed by atoms with van der Waals surface area (Å²) in [5.41, 5.74) is -0.00679. The number of aromatic nitrogens is 2. The van der Waals surface area contributed by atoms with Crippen LogP contribution in [0.2, 0.25) is 0 Å². The Hall–Kier alpha value is -3.40. The summed E-state index contributed by atoms with van der Waals surface area (Å²) < 4.78 is 0. The van der Waals surface area contributed by atoms with Gasteiger partial charge in [-0.1, -0.05) is 23.9 Å². The molecule has 3 aromatic rings. The summed E-state index contributed by atoms with van der Waals surface area (Å²) in [5.74, 6) is -0.942. The van der Waals surface area contributed by atoms with Crippen LogP contribution in [0.3, 0.4) is 0 Å². The highest BCUT2D eigenvalue weighted by Gasteiger charge is 2.13. The van der Waals surface area contributed by atoms with Crippen molar-refractivity contribution in [3.8, 4) is 5.75 Å². The molecule has 1 heterocycles. The van der Waals surface area contributed by atoms with Crippen molar-refractivity contribution in [2.75, 3.05) is 11.1 Å². The SMILES string of the molecule is O=C(CSc1nc2ccccc2c(=O)[nH]1)Nc1ccc([N+](=O)[O-])cc1O. The molecule has 26 heavy (non-hydrogen) atoms. The van der Waals surface area contributed by atoms with E-state index in [4.69, 9.17) is 0 Å². The summed E-state index contributed by atoms with van der Waals surface area (Å²) in [5, 5.41) is 23.6. The lowest BCUT2D eigenvalue weighted by molar-refractivity contribution is -0.384. The molecular formula is C16H12N4O5S. The van der Waals surface area contributed by atoms with Gasteiger partial charge in [-0.05, 0) is 18.2 Å². The van der Waals surface area contributed by atoms with Crippen LogP contribution in [-0.4, -0.2) is 31.7 Å². The highest BCUT2D eigenvalue weighted by Crippen LogP contribution is 2.28. The van der Waals surface area contributed by atoms with E-state index in [9.17, 15) is 24.8 Å². The molecule has 10 heteroatoms. The van der Waals surface area contributed by atoms with Gasteiger partial charge in [-0.3, -0.25) is 19.7 Å². The fourth-order valence-electron chi connectivity index (χ4n) is 2.19. The number of aromatic amines is 1. The van der Waals surface area contributed by atoms with E-state index in [1.165, 1.54) is 12.1 Å². The predicted molar refractivity (Wildman–Crippen MR) is 96.5 cm³/mol. The minimum Gasteiger partial charge on any atom is -0.506 e. The fraction of sp³-hybridized carbons (Fsp3) is 0.0625. The number of para-hydroxylation sites is 1. The monoisotopic (exact) mass is 372 g/mol. The smallest absolute Gasteiger partial charge is 0.273 e. The van der Waals surface area contributed by atoms with Crippen molar-refractivity contribution in [1.29, 1.82) is 0 Å². The average molecular weight is 372 g/mol. The third-order valence-electron chi connectivity index (χ3n) is 3.40. The van der Waals surface area contributed by atoms with Crippen LogP contribution in [0.5, 0.6) is 5.75 Å². The van der Waals surface area contributed by atoms with Gasteiger partial charge in [-0.2, -0.15) is 0 Å². The summed E-state index contributed by atoms with van der Waals surface area (Å²) >= 11 is 1.02. The Labute approximate surface area is 150 Å². The number of nitrogens with one attached hydrogen (secondary N) is 2. The highest BCUT2D eigenvalue weighted by atomic mass is 32.2. The molecule has 2 aromatic carbocycles. The number of anilines is 1. The maximum atomic E-state index is 12.0. The lowest BCUT2D eigenvalue weighted by Crippen LogP contribution is -2.15. The van der Waals surface area contributed by atoms with Gasteiger partial charge in [0.25, 0.3) is 11.2 Å². The van der Waals surface area contributed by atoms with Gasteiger partial charge in [0.15, 0.2) is 5.16 Å². The van der Waals surface area contributed by atoms with Crippen molar-refractivity contribution in [3.63, 3.8) is 0 Å². The summed E-state index contributed by atoms with van der Waals surface area (Å²) in [4.78, 5) is 40.8. The number of carbonyl (C=O) groups excluding carboxylic acids is 1. The van der Waals surface area contributed by atoms with E-state index < -0.39 is 16.6 Å². The van der Waals surface area contributed by atoms with E-state index in [2.05, 4.69) is 15.3 Å². The Kier molecular flexibility index (Phi) is 4.85. The first kappa shape index (κ1) is 17.4. The molecule has 0 aliphatic heterocycles. The Morgan fingerprint density at radius 1 is 1.31 bits per heavy atom. The van der Waals surface area contributed by atoms with Gasteiger partial charge in [0.05, 0.1) is 33.3 Å². The highest BCUT2D eigenvalue weighted by molar-refractivity contribution is 7.99. The Balaban J connectivity index is 1.68. The van der Waals surface area contributed by atoms with Crippen LogP contribution in [0.15, 0.2) is 52.4 Å². The number of hydrogen-bond acceptors (Lipinski definition) is 7. The average Bonchev–Trinajstić information content (AvgIpc) is 2.61. The molecule has 0 fully saturated rings. The van der Waals surface area contributed by atoms with Crippen LogP contribution >= 0.6 is 11.8 Å². The first-order chi connectivity index (χ1) is 12.4. The molecule has 3 N–H and O–H groups in total. The second kappa shape index (κ2) is 7.23. The number of phenols is 1. The van der Waals surface area contributed by atoms with Crippen molar-refractivity contribution in [2.45, 2.75) is 5.16 Å². The van der Waals surface area contributed by atoms with E-state index in [1.807, 2.05) is 0 Å². The van der Waals surface area contributed by atoms with Gasteiger partial charge in [0, 0.05) is 6.07 Å². The number of H-pyrrole nitrogens is 1. The number of nitro groups is 1. The molecule has 1 aromatic heterocycles. The number of thioether (sulfide) groups is 1. The summed E-state index contributed by atoms with van der Waals surface area (Å²) in [6, 6.07) is 10.2. The zero-order chi connectivity index (χ0) is 18.7. The van der Waals surface area contributed by atoms with E-state index >= 15 is 0 Å². The topological polar surface area (TPSA) is 138 Å². The van der Waals surface area contributed by atoms with Crippen molar-refractivity contribution in [1.82, 2.24) is 9.97 Å². The molecule has 0 spiro atoms. The van der Waals surface area contributed by atoms with Crippen LogP contribution in [0.1, 0.15) is 0 Å². The number of fused-ring (bicyclic) bond motifs is 1. The lowest BCUT2D eigenvalue weighted by atomic mass is 10.2. The molecule has 0 aliphatic carbocycles. The van der Waals surface area contributed by atoms with Crippen molar-refractivity contribution >= 4 is 39.9 Å². The van der Waals surface area contributed by atoms with E-state index in [1.54, 1.807) is 24.3 Å². The number of nitrogens with zero attached hydrogens (tertiary/aromatic N) is 2. The van der Waals surface area contributed by atoms with Gasteiger partial charge in [-0.15, -0.1) is 0 Å². The molecule has 1 amide bonds.